The molecule has 6 nitrogen and oxygen atoms in total. The first kappa shape index (κ1) is 21.6. The molecule has 172 valence electrons. The summed E-state index contributed by atoms with van der Waals surface area (Å²) in [4.78, 5) is 38.4. The SMILES string of the molecule is O=C1CCC(N2Cc3cc(C[C@H]4CCCC[C@@H]4NC4CCCCC4)ccc3C2=O)C(=O)N1. The molecule has 1 saturated heterocycles. The second-order valence-corrected chi connectivity index (χ2v) is 10.2. The molecule has 32 heavy (non-hydrogen) atoms. The molecule has 5 rings (SSSR count). The highest BCUT2D eigenvalue weighted by Crippen LogP contribution is 2.32. The van der Waals surface area contributed by atoms with Crippen LogP contribution in [-0.4, -0.2) is 40.7 Å². The monoisotopic (exact) mass is 437 g/mol. The molecule has 4 aliphatic rings. The van der Waals surface area contributed by atoms with Crippen molar-refractivity contribution >= 4 is 17.7 Å². The number of nitrogens with one attached hydrogen (secondary N) is 2. The van der Waals surface area contributed by atoms with Gasteiger partial charge >= 0.3 is 0 Å². The third-order valence-electron chi connectivity index (χ3n) is 8.05. The molecule has 0 spiro atoms. The van der Waals surface area contributed by atoms with Crippen LogP contribution in [0.15, 0.2) is 18.2 Å². The van der Waals surface area contributed by atoms with Gasteiger partial charge in [0, 0.05) is 30.6 Å². The molecule has 1 aromatic rings. The summed E-state index contributed by atoms with van der Waals surface area (Å²) in [6, 6.07) is 6.99. The van der Waals surface area contributed by atoms with E-state index in [-0.39, 0.29) is 17.7 Å². The van der Waals surface area contributed by atoms with E-state index in [0.29, 0.717) is 43.0 Å². The molecule has 2 heterocycles. The van der Waals surface area contributed by atoms with Crippen LogP contribution in [0.25, 0.3) is 0 Å². The van der Waals surface area contributed by atoms with Crippen molar-refractivity contribution in [2.45, 2.75) is 102 Å². The van der Waals surface area contributed by atoms with Crippen LogP contribution < -0.4 is 10.6 Å². The molecule has 2 saturated carbocycles. The number of amides is 3. The largest absolute Gasteiger partial charge is 0.322 e. The summed E-state index contributed by atoms with van der Waals surface area (Å²) in [5, 5.41) is 6.39. The molecule has 0 radical (unpaired) electrons. The maximum Gasteiger partial charge on any atom is 0.255 e. The summed E-state index contributed by atoms with van der Waals surface area (Å²) in [6.45, 7) is 0.461. The van der Waals surface area contributed by atoms with Gasteiger partial charge in [-0.1, -0.05) is 44.2 Å². The number of benzene rings is 1. The van der Waals surface area contributed by atoms with Gasteiger partial charge in [-0.05, 0) is 61.6 Å². The van der Waals surface area contributed by atoms with E-state index in [1.165, 1.54) is 63.4 Å². The van der Waals surface area contributed by atoms with Crippen LogP contribution in [0, 0.1) is 5.92 Å². The van der Waals surface area contributed by atoms with Crippen LogP contribution in [0.4, 0.5) is 0 Å². The average molecular weight is 438 g/mol. The molecular formula is C26H35N3O3. The van der Waals surface area contributed by atoms with Crippen molar-refractivity contribution in [3.8, 4) is 0 Å². The molecule has 2 aliphatic carbocycles. The number of carbonyl (C=O) groups is 3. The lowest BCUT2D eigenvalue weighted by Gasteiger charge is -2.36. The summed E-state index contributed by atoms with van der Waals surface area (Å²) in [5.41, 5.74) is 3.02. The van der Waals surface area contributed by atoms with Crippen LogP contribution in [0.1, 0.15) is 92.1 Å². The summed E-state index contributed by atoms with van der Waals surface area (Å²) in [7, 11) is 0. The smallest absolute Gasteiger partial charge is 0.255 e. The Bertz CT molecular complexity index is 892. The number of hydrogen-bond acceptors (Lipinski definition) is 4. The topological polar surface area (TPSA) is 78.5 Å². The highest BCUT2D eigenvalue weighted by atomic mass is 16.2. The predicted octanol–water partition coefficient (Wildman–Crippen LogP) is 3.47. The van der Waals surface area contributed by atoms with E-state index in [1.807, 2.05) is 6.07 Å². The zero-order chi connectivity index (χ0) is 22.1. The minimum Gasteiger partial charge on any atom is -0.322 e. The van der Waals surface area contributed by atoms with E-state index >= 15 is 0 Å². The number of imide groups is 1. The third kappa shape index (κ3) is 4.47. The van der Waals surface area contributed by atoms with E-state index in [2.05, 4.69) is 22.8 Å². The molecule has 0 bridgehead atoms. The summed E-state index contributed by atoms with van der Waals surface area (Å²) < 4.78 is 0. The zero-order valence-corrected chi connectivity index (χ0v) is 18.9. The molecule has 2 aliphatic heterocycles. The van der Waals surface area contributed by atoms with Crippen LogP contribution in [0.2, 0.25) is 0 Å². The van der Waals surface area contributed by atoms with Crippen molar-refractivity contribution in [2.75, 3.05) is 0 Å². The maximum absolute atomic E-state index is 12.9. The zero-order valence-electron chi connectivity index (χ0n) is 18.9. The molecule has 6 heteroatoms. The Balaban J connectivity index is 1.26. The van der Waals surface area contributed by atoms with Gasteiger partial charge in [0.2, 0.25) is 11.8 Å². The van der Waals surface area contributed by atoms with Crippen LogP contribution in [0.3, 0.4) is 0 Å². The number of carbonyl (C=O) groups excluding carboxylic acids is 3. The molecule has 1 unspecified atom stereocenters. The van der Waals surface area contributed by atoms with E-state index in [4.69, 9.17) is 0 Å². The lowest BCUT2D eigenvalue weighted by molar-refractivity contribution is -0.136. The van der Waals surface area contributed by atoms with Gasteiger partial charge in [0.15, 0.2) is 0 Å². The fourth-order valence-corrected chi connectivity index (χ4v) is 6.30. The first-order valence-electron chi connectivity index (χ1n) is 12.6. The Morgan fingerprint density at radius 3 is 2.53 bits per heavy atom. The Hall–Kier alpha value is -2.21. The van der Waals surface area contributed by atoms with E-state index < -0.39 is 6.04 Å². The van der Waals surface area contributed by atoms with Gasteiger partial charge in [-0.2, -0.15) is 0 Å². The van der Waals surface area contributed by atoms with Crippen LogP contribution in [-0.2, 0) is 22.6 Å². The maximum atomic E-state index is 12.9. The molecule has 3 atom stereocenters. The van der Waals surface area contributed by atoms with E-state index in [0.717, 1.165) is 12.0 Å². The summed E-state index contributed by atoms with van der Waals surface area (Å²) in [6.07, 6.45) is 13.7. The van der Waals surface area contributed by atoms with Gasteiger partial charge in [0.1, 0.15) is 6.04 Å². The van der Waals surface area contributed by atoms with E-state index in [9.17, 15) is 14.4 Å². The van der Waals surface area contributed by atoms with Crippen LogP contribution >= 0.6 is 0 Å². The first-order valence-corrected chi connectivity index (χ1v) is 12.6. The third-order valence-corrected chi connectivity index (χ3v) is 8.05. The number of nitrogens with zero attached hydrogens (tertiary/aromatic N) is 1. The van der Waals surface area contributed by atoms with Gasteiger partial charge in [-0.3, -0.25) is 19.7 Å². The van der Waals surface area contributed by atoms with Crippen molar-refractivity contribution in [2.24, 2.45) is 5.92 Å². The molecule has 3 fully saturated rings. The van der Waals surface area contributed by atoms with Crippen LogP contribution in [0.5, 0.6) is 0 Å². The van der Waals surface area contributed by atoms with Crippen molar-refractivity contribution in [3.05, 3.63) is 34.9 Å². The van der Waals surface area contributed by atoms with Gasteiger partial charge in [0.25, 0.3) is 5.91 Å². The highest BCUT2D eigenvalue weighted by Gasteiger charge is 2.39. The van der Waals surface area contributed by atoms with Crippen molar-refractivity contribution < 1.29 is 14.4 Å². The fraction of sp³-hybridized carbons (Fsp3) is 0.654. The quantitative estimate of drug-likeness (QED) is 0.692. The summed E-state index contributed by atoms with van der Waals surface area (Å²) in [5.74, 6) is -0.0364. The van der Waals surface area contributed by atoms with Gasteiger partial charge in [0.05, 0.1) is 0 Å². The van der Waals surface area contributed by atoms with Gasteiger partial charge in [-0.15, -0.1) is 0 Å². The minimum absolute atomic E-state index is 0.0874. The van der Waals surface area contributed by atoms with Crippen molar-refractivity contribution in [1.29, 1.82) is 0 Å². The number of fused-ring (bicyclic) bond motifs is 1. The molecule has 3 amide bonds. The van der Waals surface area contributed by atoms with Gasteiger partial charge < -0.3 is 10.2 Å². The van der Waals surface area contributed by atoms with Gasteiger partial charge in [-0.25, -0.2) is 0 Å². The Morgan fingerprint density at radius 2 is 1.72 bits per heavy atom. The fourth-order valence-electron chi connectivity index (χ4n) is 6.30. The second kappa shape index (κ2) is 9.34. The summed E-state index contributed by atoms with van der Waals surface area (Å²) >= 11 is 0. The number of piperidine rings is 1. The van der Waals surface area contributed by atoms with Crippen molar-refractivity contribution in [1.82, 2.24) is 15.5 Å². The highest BCUT2D eigenvalue weighted by molar-refractivity contribution is 6.05. The molecule has 1 aromatic carbocycles. The lowest BCUT2D eigenvalue weighted by atomic mass is 9.79. The normalized spacial score (nSPS) is 29.2. The Morgan fingerprint density at radius 1 is 0.938 bits per heavy atom. The van der Waals surface area contributed by atoms with E-state index in [1.54, 1.807) is 4.90 Å². The lowest BCUT2D eigenvalue weighted by Crippen LogP contribution is -2.52. The van der Waals surface area contributed by atoms with Crippen molar-refractivity contribution in [3.63, 3.8) is 0 Å². The average Bonchev–Trinajstić information content (AvgIpc) is 3.11. The minimum atomic E-state index is -0.543. The molecule has 0 aromatic heterocycles. The predicted molar refractivity (Wildman–Crippen MR) is 122 cm³/mol. The Labute approximate surface area is 190 Å². The molecular weight excluding hydrogens is 402 g/mol. The standard InChI is InChI=1S/C26H35N3O3/c30-24-13-12-23(25(31)28-24)29-16-19-15-17(10-11-21(19)26(29)32)14-18-6-4-5-9-22(18)27-20-7-2-1-3-8-20/h10-11,15,18,20,22-23,27H,1-9,12-14,16H2,(H,28,30,31)/t18-,22+,23?/m1/s1. The number of hydrogen-bond donors (Lipinski definition) is 2. The second-order valence-electron chi connectivity index (χ2n) is 10.2. The first-order chi connectivity index (χ1) is 15.6. The molecule has 2 N–H and O–H groups in total. The number of rotatable bonds is 5. The Kier molecular flexibility index (Phi) is 6.31.